The summed E-state index contributed by atoms with van der Waals surface area (Å²) in [5.41, 5.74) is 9.38. The summed E-state index contributed by atoms with van der Waals surface area (Å²) in [7, 11) is 1.74. The molecule has 2 rings (SSSR count). The SMILES string of the molecule is CN=C(NCc1cccc(C(N)=O)c1)NC(C)c1ccc(CC(C)C)cc1. The normalized spacial score (nSPS) is 12.7. The van der Waals surface area contributed by atoms with E-state index in [0.717, 1.165) is 12.0 Å². The van der Waals surface area contributed by atoms with E-state index < -0.39 is 5.91 Å². The molecule has 0 heterocycles. The van der Waals surface area contributed by atoms with E-state index in [2.05, 4.69) is 60.7 Å². The van der Waals surface area contributed by atoms with Gasteiger partial charge in [0.1, 0.15) is 0 Å². The Kier molecular flexibility index (Phi) is 7.41. The number of nitrogens with two attached hydrogens (primary N) is 1. The maximum Gasteiger partial charge on any atom is 0.248 e. The first-order valence-corrected chi connectivity index (χ1v) is 9.33. The molecule has 0 bridgehead atoms. The molecular weight excluding hydrogens is 336 g/mol. The smallest absolute Gasteiger partial charge is 0.248 e. The Bertz CT molecular complexity index is 781. The van der Waals surface area contributed by atoms with Gasteiger partial charge in [-0.25, -0.2) is 0 Å². The highest BCUT2D eigenvalue weighted by Crippen LogP contribution is 2.15. The van der Waals surface area contributed by atoms with Crippen molar-refractivity contribution in [1.29, 1.82) is 0 Å². The number of aliphatic imine (C=N–C) groups is 1. The van der Waals surface area contributed by atoms with Crippen molar-refractivity contribution in [1.82, 2.24) is 10.6 Å². The van der Waals surface area contributed by atoms with Gasteiger partial charge in [0, 0.05) is 19.2 Å². The number of nitrogens with zero attached hydrogens (tertiary/aromatic N) is 1. The van der Waals surface area contributed by atoms with Crippen molar-refractivity contribution in [3.8, 4) is 0 Å². The van der Waals surface area contributed by atoms with Crippen LogP contribution < -0.4 is 16.4 Å². The topological polar surface area (TPSA) is 79.5 Å². The Morgan fingerprint density at radius 1 is 1.07 bits per heavy atom. The van der Waals surface area contributed by atoms with E-state index in [0.29, 0.717) is 24.0 Å². The molecule has 1 amide bonds. The second-order valence-electron chi connectivity index (χ2n) is 7.20. The van der Waals surface area contributed by atoms with Crippen molar-refractivity contribution in [3.05, 3.63) is 70.8 Å². The number of nitrogens with one attached hydrogen (secondary N) is 2. The molecular formula is C22H30N4O. The lowest BCUT2D eigenvalue weighted by Crippen LogP contribution is -2.38. The van der Waals surface area contributed by atoms with Gasteiger partial charge >= 0.3 is 0 Å². The van der Waals surface area contributed by atoms with Crippen LogP contribution in [0.2, 0.25) is 0 Å². The van der Waals surface area contributed by atoms with Gasteiger partial charge in [-0.3, -0.25) is 9.79 Å². The fourth-order valence-electron chi connectivity index (χ4n) is 2.92. The predicted octanol–water partition coefficient (Wildman–Crippen LogP) is 3.41. The zero-order valence-electron chi connectivity index (χ0n) is 16.6. The van der Waals surface area contributed by atoms with Crippen LogP contribution in [-0.4, -0.2) is 18.9 Å². The molecule has 2 aromatic carbocycles. The van der Waals surface area contributed by atoms with Crippen molar-refractivity contribution in [2.75, 3.05) is 7.05 Å². The number of carbonyl (C=O) groups excluding carboxylic acids is 1. The number of guanidine groups is 1. The molecule has 27 heavy (non-hydrogen) atoms. The molecule has 0 aliphatic heterocycles. The summed E-state index contributed by atoms with van der Waals surface area (Å²) < 4.78 is 0. The average molecular weight is 367 g/mol. The van der Waals surface area contributed by atoms with E-state index in [9.17, 15) is 4.79 Å². The molecule has 0 aliphatic rings. The molecule has 0 fully saturated rings. The first kappa shape index (κ1) is 20.5. The fraction of sp³-hybridized carbons (Fsp3) is 0.364. The summed E-state index contributed by atoms with van der Waals surface area (Å²) in [6.45, 7) is 7.12. The largest absolute Gasteiger partial charge is 0.366 e. The van der Waals surface area contributed by atoms with Gasteiger partial charge in [-0.2, -0.15) is 0 Å². The van der Waals surface area contributed by atoms with Gasteiger partial charge in [0.05, 0.1) is 6.04 Å². The predicted molar refractivity (Wildman–Crippen MR) is 112 cm³/mol. The lowest BCUT2D eigenvalue weighted by Gasteiger charge is -2.19. The third-order valence-electron chi connectivity index (χ3n) is 4.37. The summed E-state index contributed by atoms with van der Waals surface area (Å²) in [4.78, 5) is 15.6. The number of hydrogen-bond acceptors (Lipinski definition) is 2. The number of rotatable bonds is 7. The van der Waals surface area contributed by atoms with Crippen LogP contribution >= 0.6 is 0 Å². The van der Waals surface area contributed by atoms with Crippen LogP contribution in [0.15, 0.2) is 53.5 Å². The first-order chi connectivity index (χ1) is 12.9. The molecule has 1 unspecified atom stereocenters. The van der Waals surface area contributed by atoms with Crippen LogP contribution in [0.1, 0.15) is 53.9 Å². The molecule has 0 saturated heterocycles. The highest BCUT2D eigenvalue weighted by Gasteiger charge is 2.09. The Morgan fingerprint density at radius 3 is 2.37 bits per heavy atom. The van der Waals surface area contributed by atoms with E-state index >= 15 is 0 Å². The van der Waals surface area contributed by atoms with E-state index in [1.54, 1.807) is 19.2 Å². The summed E-state index contributed by atoms with van der Waals surface area (Å²) >= 11 is 0. The van der Waals surface area contributed by atoms with Crippen molar-refractivity contribution in [2.45, 2.75) is 39.8 Å². The molecule has 4 N–H and O–H groups in total. The summed E-state index contributed by atoms with van der Waals surface area (Å²) in [5.74, 6) is 0.939. The van der Waals surface area contributed by atoms with Gasteiger partial charge in [-0.05, 0) is 48.1 Å². The quantitative estimate of drug-likeness (QED) is 0.519. The summed E-state index contributed by atoms with van der Waals surface area (Å²) in [6, 6.07) is 16.1. The zero-order chi connectivity index (χ0) is 19.8. The second kappa shape index (κ2) is 9.76. The van der Waals surface area contributed by atoms with Crippen LogP contribution in [0.5, 0.6) is 0 Å². The third kappa shape index (κ3) is 6.44. The average Bonchev–Trinajstić information content (AvgIpc) is 2.65. The van der Waals surface area contributed by atoms with Crippen LogP contribution in [0.25, 0.3) is 0 Å². The zero-order valence-corrected chi connectivity index (χ0v) is 16.6. The van der Waals surface area contributed by atoms with Crippen molar-refractivity contribution >= 4 is 11.9 Å². The molecule has 5 nitrogen and oxygen atoms in total. The van der Waals surface area contributed by atoms with Gasteiger partial charge in [-0.1, -0.05) is 50.2 Å². The minimum atomic E-state index is -0.422. The molecule has 0 saturated carbocycles. The van der Waals surface area contributed by atoms with Crippen LogP contribution in [0.4, 0.5) is 0 Å². The number of hydrogen-bond donors (Lipinski definition) is 3. The van der Waals surface area contributed by atoms with Gasteiger partial charge in [0.25, 0.3) is 0 Å². The van der Waals surface area contributed by atoms with E-state index in [-0.39, 0.29) is 6.04 Å². The third-order valence-corrected chi connectivity index (χ3v) is 4.37. The molecule has 0 spiro atoms. The van der Waals surface area contributed by atoms with Crippen molar-refractivity contribution in [2.24, 2.45) is 16.6 Å². The fourth-order valence-corrected chi connectivity index (χ4v) is 2.92. The minimum Gasteiger partial charge on any atom is -0.366 e. The van der Waals surface area contributed by atoms with Crippen molar-refractivity contribution in [3.63, 3.8) is 0 Å². The first-order valence-electron chi connectivity index (χ1n) is 9.33. The standard InChI is InChI=1S/C22H30N4O/c1-15(2)12-17-8-10-19(11-9-17)16(3)26-22(24-4)25-14-18-6-5-7-20(13-18)21(23)27/h5-11,13,15-16H,12,14H2,1-4H3,(H2,23,27)(H2,24,25,26). The second-order valence-corrected chi connectivity index (χ2v) is 7.20. The Labute approximate surface area is 162 Å². The maximum absolute atomic E-state index is 11.3. The van der Waals surface area contributed by atoms with Crippen LogP contribution in [0.3, 0.4) is 0 Å². The Morgan fingerprint density at radius 2 is 1.78 bits per heavy atom. The number of primary amides is 1. The Hall–Kier alpha value is -2.82. The molecule has 1 atom stereocenters. The molecule has 5 heteroatoms. The molecule has 0 aromatic heterocycles. The van der Waals surface area contributed by atoms with Gasteiger partial charge < -0.3 is 16.4 Å². The number of amides is 1. The highest BCUT2D eigenvalue weighted by atomic mass is 16.1. The van der Waals surface area contributed by atoms with Gasteiger partial charge in [-0.15, -0.1) is 0 Å². The highest BCUT2D eigenvalue weighted by molar-refractivity contribution is 5.92. The number of benzene rings is 2. The Balaban J connectivity index is 1.94. The van der Waals surface area contributed by atoms with Crippen LogP contribution in [0, 0.1) is 5.92 Å². The lowest BCUT2D eigenvalue weighted by molar-refractivity contribution is 0.1000. The maximum atomic E-state index is 11.3. The lowest BCUT2D eigenvalue weighted by atomic mass is 10.00. The van der Waals surface area contributed by atoms with Crippen molar-refractivity contribution < 1.29 is 4.79 Å². The molecule has 144 valence electrons. The van der Waals surface area contributed by atoms with E-state index in [1.165, 1.54) is 11.1 Å². The summed E-state index contributed by atoms with van der Waals surface area (Å²) in [6.07, 6.45) is 1.09. The van der Waals surface area contributed by atoms with Gasteiger partial charge in [0.2, 0.25) is 5.91 Å². The van der Waals surface area contributed by atoms with Crippen LogP contribution in [-0.2, 0) is 13.0 Å². The number of carbonyl (C=O) groups is 1. The van der Waals surface area contributed by atoms with Gasteiger partial charge in [0.15, 0.2) is 5.96 Å². The molecule has 2 aromatic rings. The van der Waals surface area contributed by atoms with E-state index in [4.69, 9.17) is 5.73 Å². The minimum absolute atomic E-state index is 0.126. The summed E-state index contributed by atoms with van der Waals surface area (Å²) in [5, 5.41) is 6.67. The molecule has 0 aliphatic carbocycles. The van der Waals surface area contributed by atoms with E-state index in [1.807, 2.05) is 12.1 Å². The monoisotopic (exact) mass is 366 g/mol. The molecule has 0 radical (unpaired) electrons.